The molecule has 0 aromatic carbocycles. The molecule has 0 bridgehead atoms. The van der Waals surface area contributed by atoms with Crippen molar-refractivity contribution in [2.45, 2.75) is 26.3 Å². The van der Waals surface area contributed by atoms with E-state index in [1.807, 2.05) is 25.3 Å². The molecule has 5 nitrogen and oxygen atoms in total. The number of rotatable bonds is 4. The van der Waals surface area contributed by atoms with Crippen molar-refractivity contribution in [3.05, 3.63) is 40.1 Å². The zero-order valence-corrected chi connectivity index (χ0v) is 11.7. The van der Waals surface area contributed by atoms with Crippen LogP contribution in [-0.4, -0.2) is 15.9 Å². The van der Waals surface area contributed by atoms with Crippen molar-refractivity contribution in [2.24, 2.45) is 5.73 Å². The van der Waals surface area contributed by atoms with Gasteiger partial charge in [-0.2, -0.15) is 0 Å². The molecule has 0 aliphatic carbocycles. The number of nitrogens with zero attached hydrogens (tertiary/aromatic N) is 2. The van der Waals surface area contributed by atoms with Gasteiger partial charge in [0.25, 0.3) is 0 Å². The van der Waals surface area contributed by atoms with Crippen molar-refractivity contribution < 1.29 is 4.79 Å². The summed E-state index contributed by atoms with van der Waals surface area (Å²) in [7, 11) is 0. The first-order valence-electron chi connectivity index (χ1n) is 5.97. The SMILES string of the molecule is Cc1cc(NC(=O)Cc2csc(C(C)N)n2)ccn1. The Morgan fingerprint density at radius 3 is 3.00 bits per heavy atom. The maximum Gasteiger partial charge on any atom is 0.230 e. The Kier molecular flexibility index (Phi) is 4.24. The lowest BCUT2D eigenvalue weighted by Gasteiger charge is -2.04. The van der Waals surface area contributed by atoms with E-state index in [0.717, 1.165) is 22.1 Å². The lowest BCUT2D eigenvalue weighted by Crippen LogP contribution is -2.15. The number of nitrogens with one attached hydrogen (secondary N) is 1. The van der Waals surface area contributed by atoms with Gasteiger partial charge in [-0.1, -0.05) is 0 Å². The van der Waals surface area contributed by atoms with E-state index in [1.165, 1.54) is 11.3 Å². The van der Waals surface area contributed by atoms with Gasteiger partial charge in [-0.3, -0.25) is 9.78 Å². The minimum atomic E-state index is -0.0929. The number of thiazole rings is 1. The highest BCUT2D eigenvalue weighted by molar-refractivity contribution is 7.09. The van der Waals surface area contributed by atoms with Crippen molar-refractivity contribution in [1.29, 1.82) is 0 Å². The summed E-state index contributed by atoms with van der Waals surface area (Å²) in [6, 6.07) is 3.50. The van der Waals surface area contributed by atoms with Crippen LogP contribution in [0, 0.1) is 6.92 Å². The molecule has 3 N–H and O–H groups in total. The van der Waals surface area contributed by atoms with Crippen molar-refractivity contribution in [1.82, 2.24) is 9.97 Å². The molecule has 0 saturated heterocycles. The summed E-state index contributed by atoms with van der Waals surface area (Å²) in [6.07, 6.45) is 1.92. The first-order chi connectivity index (χ1) is 9.04. The van der Waals surface area contributed by atoms with Gasteiger partial charge < -0.3 is 11.1 Å². The summed E-state index contributed by atoms with van der Waals surface area (Å²) in [4.78, 5) is 20.3. The molecule has 2 rings (SSSR count). The summed E-state index contributed by atoms with van der Waals surface area (Å²) in [5.74, 6) is -0.0906. The molecular weight excluding hydrogens is 260 g/mol. The predicted molar refractivity (Wildman–Crippen MR) is 76.0 cm³/mol. The third-order valence-corrected chi connectivity index (χ3v) is 3.58. The lowest BCUT2D eigenvalue weighted by atomic mass is 10.3. The van der Waals surface area contributed by atoms with Crippen molar-refractivity contribution >= 4 is 22.9 Å². The van der Waals surface area contributed by atoms with E-state index >= 15 is 0 Å². The normalized spacial score (nSPS) is 12.2. The number of hydrogen-bond acceptors (Lipinski definition) is 5. The first kappa shape index (κ1) is 13.6. The van der Waals surface area contributed by atoms with Crippen LogP contribution in [0.1, 0.15) is 29.4 Å². The number of aryl methyl sites for hydroxylation is 1. The second-order valence-corrected chi connectivity index (χ2v) is 5.27. The van der Waals surface area contributed by atoms with E-state index in [-0.39, 0.29) is 18.4 Å². The molecule has 0 aliphatic rings. The number of amides is 1. The fourth-order valence-electron chi connectivity index (χ4n) is 1.61. The first-order valence-corrected chi connectivity index (χ1v) is 6.85. The number of carbonyl (C=O) groups is 1. The monoisotopic (exact) mass is 276 g/mol. The van der Waals surface area contributed by atoms with Crippen LogP contribution in [0.25, 0.3) is 0 Å². The smallest absolute Gasteiger partial charge is 0.230 e. The molecule has 2 heterocycles. The number of nitrogens with two attached hydrogens (primary N) is 1. The Bertz CT molecular complexity index is 580. The third kappa shape index (κ3) is 3.84. The lowest BCUT2D eigenvalue weighted by molar-refractivity contribution is -0.115. The van der Waals surface area contributed by atoms with Crippen molar-refractivity contribution in [3.8, 4) is 0 Å². The number of aromatic nitrogens is 2. The maximum atomic E-state index is 11.9. The Balaban J connectivity index is 1.97. The molecule has 0 radical (unpaired) electrons. The van der Waals surface area contributed by atoms with E-state index in [4.69, 9.17) is 5.73 Å². The minimum Gasteiger partial charge on any atom is -0.326 e. The fraction of sp³-hybridized carbons (Fsp3) is 0.308. The number of carbonyl (C=O) groups excluding carboxylic acids is 1. The molecule has 2 aromatic rings. The van der Waals surface area contributed by atoms with Gasteiger partial charge in [0.2, 0.25) is 5.91 Å². The molecule has 1 amide bonds. The summed E-state index contributed by atoms with van der Waals surface area (Å²) < 4.78 is 0. The molecule has 19 heavy (non-hydrogen) atoms. The van der Waals surface area contributed by atoms with E-state index in [1.54, 1.807) is 12.3 Å². The van der Waals surface area contributed by atoms with Gasteiger partial charge in [-0.05, 0) is 26.0 Å². The molecule has 0 saturated carbocycles. The fourth-order valence-corrected chi connectivity index (χ4v) is 2.38. The van der Waals surface area contributed by atoms with Crippen molar-refractivity contribution in [2.75, 3.05) is 5.32 Å². The molecule has 0 aliphatic heterocycles. The average Bonchev–Trinajstić information content (AvgIpc) is 2.77. The van der Waals surface area contributed by atoms with Crippen LogP contribution in [0.2, 0.25) is 0 Å². The molecule has 1 unspecified atom stereocenters. The van der Waals surface area contributed by atoms with Crippen LogP contribution in [-0.2, 0) is 11.2 Å². The highest BCUT2D eigenvalue weighted by Gasteiger charge is 2.10. The van der Waals surface area contributed by atoms with Crippen molar-refractivity contribution in [3.63, 3.8) is 0 Å². The summed E-state index contributed by atoms with van der Waals surface area (Å²) >= 11 is 1.48. The van der Waals surface area contributed by atoms with Crippen LogP contribution in [0.15, 0.2) is 23.7 Å². The predicted octanol–water partition coefficient (Wildman–Crippen LogP) is 2.05. The zero-order chi connectivity index (χ0) is 13.8. The highest BCUT2D eigenvalue weighted by atomic mass is 32.1. The maximum absolute atomic E-state index is 11.9. The minimum absolute atomic E-state index is 0.0906. The van der Waals surface area contributed by atoms with E-state index in [2.05, 4.69) is 15.3 Å². The zero-order valence-electron chi connectivity index (χ0n) is 10.9. The topological polar surface area (TPSA) is 80.9 Å². The number of hydrogen-bond donors (Lipinski definition) is 2. The molecular formula is C13H16N4OS. The van der Waals surface area contributed by atoms with Gasteiger partial charge in [-0.15, -0.1) is 11.3 Å². The van der Waals surface area contributed by atoms with E-state index in [9.17, 15) is 4.79 Å². The van der Waals surface area contributed by atoms with Gasteiger partial charge >= 0.3 is 0 Å². The number of pyridine rings is 1. The molecule has 1 atom stereocenters. The van der Waals surface area contributed by atoms with Crippen LogP contribution >= 0.6 is 11.3 Å². The summed E-state index contributed by atoms with van der Waals surface area (Å²) in [5.41, 5.74) is 8.11. The standard InChI is InChI=1S/C13H16N4OS/c1-8-5-10(3-4-15-8)16-12(18)6-11-7-19-13(17-11)9(2)14/h3-5,7,9H,6,14H2,1-2H3,(H,15,16,18). The van der Waals surface area contributed by atoms with Gasteiger partial charge in [-0.25, -0.2) is 4.98 Å². The van der Waals surface area contributed by atoms with Crippen LogP contribution < -0.4 is 11.1 Å². The highest BCUT2D eigenvalue weighted by Crippen LogP contribution is 2.16. The Morgan fingerprint density at radius 2 is 2.37 bits per heavy atom. The Hall–Kier alpha value is -1.79. The summed E-state index contributed by atoms with van der Waals surface area (Å²) in [6.45, 7) is 3.76. The van der Waals surface area contributed by atoms with Gasteiger partial charge in [0.1, 0.15) is 5.01 Å². The van der Waals surface area contributed by atoms with E-state index < -0.39 is 0 Å². The van der Waals surface area contributed by atoms with Crippen LogP contribution in [0.4, 0.5) is 5.69 Å². The second kappa shape index (κ2) is 5.90. The summed E-state index contributed by atoms with van der Waals surface area (Å²) in [5, 5.41) is 5.54. The molecule has 0 spiro atoms. The van der Waals surface area contributed by atoms with Gasteiger partial charge in [0.05, 0.1) is 18.2 Å². The van der Waals surface area contributed by atoms with Gasteiger partial charge in [0.15, 0.2) is 0 Å². The largest absolute Gasteiger partial charge is 0.326 e. The van der Waals surface area contributed by atoms with Crippen LogP contribution in [0.5, 0.6) is 0 Å². The number of anilines is 1. The van der Waals surface area contributed by atoms with Crippen LogP contribution in [0.3, 0.4) is 0 Å². The Morgan fingerprint density at radius 1 is 1.58 bits per heavy atom. The van der Waals surface area contributed by atoms with Gasteiger partial charge in [0, 0.05) is 23.0 Å². The quantitative estimate of drug-likeness (QED) is 0.895. The Labute approximate surface area is 115 Å². The molecule has 2 aromatic heterocycles. The second-order valence-electron chi connectivity index (χ2n) is 4.38. The average molecular weight is 276 g/mol. The molecule has 6 heteroatoms. The molecule has 100 valence electrons. The third-order valence-electron chi connectivity index (χ3n) is 2.48. The molecule has 0 fully saturated rings. The van der Waals surface area contributed by atoms with E-state index in [0.29, 0.717) is 0 Å².